The third-order valence-corrected chi connectivity index (χ3v) is 8.56. The first-order valence-corrected chi connectivity index (χ1v) is 13.9. The molecule has 0 saturated heterocycles. The van der Waals surface area contributed by atoms with Gasteiger partial charge in [0.2, 0.25) is 0 Å². The Morgan fingerprint density at radius 3 is 2.08 bits per heavy atom. The number of hydrogen-bond acceptors (Lipinski definition) is 10. The molecule has 186 valence electrons. The van der Waals surface area contributed by atoms with Gasteiger partial charge in [0, 0.05) is 11.8 Å². The predicted octanol–water partition coefficient (Wildman–Crippen LogP) is 7.44. The first-order valence-electron chi connectivity index (χ1n) is 11.3. The van der Waals surface area contributed by atoms with Gasteiger partial charge in [-0.2, -0.15) is 10.5 Å². The summed E-state index contributed by atoms with van der Waals surface area (Å²) in [5.74, 6) is 0.576. The molecule has 0 aliphatic rings. The summed E-state index contributed by atoms with van der Waals surface area (Å²) in [4.78, 5) is 9.16. The number of fused-ring (bicyclic) bond motifs is 2. The third kappa shape index (κ3) is 5.34. The van der Waals surface area contributed by atoms with Crippen molar-refractivity contribution in [3.8, 4) is 17.9 Å². The fourth-order valence-corrected chi connectivity index (χ4v) is 6.52. The minimum atomic E-state index is -0.122. The van der Waals surface area contributed by atoms with Gasteiger partial charge in [0.05, 0.1) is 38.3 Å². The normalized spacial score (nSPS) is 12.4. The molecule has 2 aromatic heterocycles. The summed E-state index contributed by atoms with van der Waals surface area (Å²) in [5, 5.41) is 35.8. The Bertz CT molecular complexity index is 1720. The van der Waals surface area contributed by atoms with Crippen molar-refractivity contribution < 1.29 is 9.84 Å². The number of benzene rings is 3. The Labute approximate surface area is 231 Å². The van der Waals surface area contributed by atoms with E-state index < -0.39 is 0 Å². The van der Waals surface area contributed by atoms with E-state index in [0.717, 1.165) is 20.4 Å². The maximum atomic E-state index is 11.0. The van der Waals surface area contributed by atoms with Gasteiger partial charge in [-0.05, 0) is 36.4 Å². The smallest absolute Gasteiger partial charge is 0.138 e. The van der Waals surface area contributed by atoms with E-state index in [0.29, 0.717) is 32.1 Å². The molecule has 0 aliphatic carbocycles. The largest absolute Gasteiger partial charge is 0.510 e. The molecule has 3 aromatic carbocycles. The van der Waals surface area contributed by atoms with Crippen molar-refractivity contribution in [1.29, 1.82) is 10.5 Å². The number of aromatic nitrogens is 2. The number of nitrogens with one attached hydrogen (secondary N) is 1. The van der Waals surface area contributed by atoms with E-state index in [1.807, 2.05) is 72.8 Å². The molecule has 5 rings (SSSR count). The zero-order chi connectivity index (χ0) is 26.5. The standard InChI is InChI=1S/C28H19N5O2S3/c1-35-18-8-6-7-17(13-18)31-26(20(15-30)28-33-22-10-3-5-12-25(22)38-28)36-16-23(34)19(14-29)27-32-21-9-2-4-11-24(21)37-27/h2-13,31,34H,16H2,1H3/b23-19-,26-20-. The number of thioether (sulfide) groups is 1. The maximum absolute atomic E-state index is 11.0. The van der Waals surface area contributed by atoms with Crippen LogP contribution < -0.4 is 10.1 Å². The van der Waals surface area contributed by atoms with Gasteiger partial charge in [-0.3, -0.25) is 0 Å². The SMILES string of the molecule is COc1cccc(N/C(SC/C(O)=C(\C#N)c2nc3ccccc3s2)=C(\C#N)c2nc3ccccc3s2)c1. The predicted molar refractivity (Wildman–Crippen MR) is 156 cm³/mol. The molecule has 0 unspecified atom stereocenters. The molecular weight excluding hydrogens is 535 g/mol. The highest BCUT2D eigenvalue weighted by molar-refractivity contribution is 8.03. The molecule has 7 nitrogen and oxygen atoms in total. The number of anilines is 1. The number of para-hydroxylation sites is 2. The number of allylic oxidation sites excluding steroid dienone is 2. The summed E-state index contributed by atoms with van der Waals surface area (Å²) in [6.45, 7) is 0. The van der Waals surface area contributed by atoms with Gasteiger partial charge >= 0.3 is 0 Å². The Morgan fingerprint density at radius 1 is 0.895 bits per heavy atom. The molecule has 0 atom stereocenters. The van der Waals surface area contributed by atoms with E-state index in [-0.39, 0.29) is 17.1 Å². The lowest BCUT2D eigenvalue weighted by molar-refractivity contribution is 0.415. The topological polar surface area (TPSA) is 115 Å². The highest BCUT2D eigenvalue weighted by atomic mass is 32.2. The third-order valence-electron chi connectivity index (χ3n) is 5.44. The van der Waals surface area contributed by atoms with Crippen LogP contribution in [0.15, 0.2) is 83.6 Å². The minimum Gasteiger partial charge on any atom is -0.510 e. The zero-order valence-electron chi connectivity index (χ0n) is 20.0. The number of ether oxygens (including phenoxy) is 1. The fourth-order valence-electron chi connectivity index (χ4n) is 3.61. The van der Waals surface area contributed by atoms with E-state index in [1.165, 1.54) is 34.4 Å². The zero-order valence-corrected chi connectivity index (χ0v) is 22.5. The summed E-state index contributed by atoms with van der Waals surface area (Å²) in [5.41, 5.74) is 2.72. The van der Waals surface area contributed by atoms with Crippen molar-refractivity contribution in [3.63, 3.8) is 0 Å². The fraction of sp³-hybridized carbons (Fsp3) is 0.0714. The summed E-state index contributed by atoms with van der Waals surface area (Å²) < 4.78 is 7.23. The van der Waals surface area contributed by atoms with Gasteiger partial charge in [-0.1, -0.05) is 42.1 Å². The number of methoxy groups -OCH3 is 1. The molecule has 0 spiro atoms. The van der Waals surface area contributed by atoms with E-state index in [2.05, 4.69) is 27.4 Å². The van der Waals surface area contributed by atoms with Crippen LogP contribution in [0.1, 0.15) is 10.0 Å². The molecule has 0 saturated carbocycles. The molecule has 38 heavy (non-hydrogen) atoms. The first-order chi connectivity index (χ1) is 18.6. The molecule has 10 heteroatoms. The van der Waals surface area contributed by atoms with Crippen LogP contribution in [0, 0.1) is 22.7 Å². The van der Waals surface area contributed by atoms with Crippen LogP contribution in [0.5, 0.6) is 5.75 Å². The molecular formula is C28H19N5O2S3. The van der Waals surface area contributed by atoms with Crippen LogP contribution in [-0.4, -0.2) is 27.9 Å². The number of nitriles is 2. The molecule has 2 N–H and O–H groups in total. The second-order valence-corrected chi connectivity index (χ2v) is 10.9. The molecule has 0 fully saturated rings. The Kier molecular flexibility index (Phi) is 7.57. The van der Waals surface area contributed by atoms with Crippen molar-refractivity contribution >= 4 is 71.7 Å². The highest BCUT2D eigenvalue weighted by Gasteiger charge is 2.19. The van der Waals surface area contributed by atoms with E-state index in [1.54, 1.807) is 7.11 Å². The second kappa shape index (κ2) is 11.4. The molecule has 0 radical (unpaired) electrons. The highest BCUT2D eigenvalue weighted by Crippen LogP contribution is 2.35. The van der Waals surface area contributed by atoms with Gasteiger partial charge < -0.3 is 15.2 Å². The number of aliphatic hydroxyl groups is 1. The van der Waals surface area contributed by atoms with Gasteiger partial charge in [-0.15, -0.1) is 22.7 Å². The number of aliphatic hydroxyl groups excluding tert-OH is 1. The summed E-state index contributed by atoms with van der Waals surface area (Å²) in [6.07, 6.45) is 0. The molecule has 0 amide bonds. The number of nitrogens with zero attached hydrogens (tertiary/aromatic N) is 4. The van der Waals surface area contributed by atoms with Crippen molar-refractivity contribution in [2.75, 3.05) is 18.2 Å². The molecule has 0 bridgehead atoms. The van der Waals surface area contributed by atoms with Crippen molar-refractivity contribution in [3.05, 3.63) is 93.6 Å². The van der Waals surface area contributed by atoms with Crippen molar-refractivity contribution in [1.82, 2.24) is 9.97 Å². The van der Waals surface area contributed by atoms with Crippen LogP contribution in [0.2, 0.25) is 0 Å². The van der Waals surface area contributed by atoms with Crippen LogP contribution in [0.4, 0.5) is 5.69 Å². The number of thiazole rings is 2. The quantitative estimate of drug-likeness (QED) is 0.150. The molecule has 5 aromatic rings. The minimum absolute atomic E-state index is 0.0429. The average molecular weight is 554 g/mol. The summed E-state index contributed by atoms with van der Waals surface area (Å²) >= 11 is 3.97. The van der Waals surface area contributed by atoms with E-state index in [9.17, 15) is 15.6 Å². The van der Waals surface area contributed by atoms with Crippen LogP contribution >= 0.6 is 34.4 Å². The van der Waals surface area contributed by atoms with Gasteiger partial charge in [-0.25, -0.2) is 9.97 Å². The van der Waals surface area contributed by atoms with Gasteiger partial charge in [0.25, 0.3) is 0 Å². The van der Waals surface area contributed by atoms with Gasteiger partial charge in [0.15, 0.2) is 0 Å². The molecule has 0 aliphatic heterocycles. The lowest BCUT2D eigenvalue weighted by Gasteiger charge is -2.13. The van der Waals surface area contributed by atoms with E-state index >= 15 is 0 Å². The van der Waals surface area contributed by atoms with Crippen molar-refractivity contribution in [2.24, 2.45) is 0 Å². The Hall–Kier alpha value is -4.35. The second-order valence-electron chi connectivity index (χ2n) is 7.87. The lowest BCUT2D eigenvalue weighted by Crippen LogP contribution is -2.03. The summed E-state index contributed by atoms with van der Waals surface area (Å²) in [7, 11) is 1.58. The number of hydrogen-bond donors (Lipinski definition) is 2. The van der Waals surface area contributed by atoms with E-state index in [4.69, 9.17) is 4.74 Å². The van der Waals surface area contributed by atoms with Crippen molar-refractivity contribution in [2.45, 2.75) is 0 Å². The maximum Gasteiger partial charge on any atom is 0.138 e. The van der Waals surface area contributed by atoms with Crippen LogP contribution in [0.3, 0.4) is 0 Å². The first kappa shape index (κ1) is 25.3. The lowest BCUT2D eigenvalue weighted by atomic mass is 10.2. The van der Waals surface area contributed by atoms with Crippen LogP contribution in [-0.2, 0) is 0 Å². The average Bonchev–Trinajstić information content (AvgIpc) is 3.56. The molecule has 2 heterocycles. The van der Waals surface area contributed by atoms with Crippen LogP contribution in [0.25, 0.3) is 31.6 Å². The van der Waals surface area contributed by atoms with Gasteiger partial charge in [0.1, 0.15) is 44.8 Å². The monoisotopic (exact) mass is 553 g/mol. The Morgan fingerprint density at radius 2 is 1.50 bits per heavy atom. The number of rotatable bonds is 8. The Balaban J connectivity index is 1.53. The summed E-state index contributed by atoms with van der Waals surface area (Å²) in [6, 6.07) is 27.0.